The van der Waals surface area contributed by atoms with Gasteiger partial charge in [-0.05, 0) is 33.1 Å². The van der Waals surface area contributed by atoms with Gasteiger partial charge < -0.3 is 15.0 Å². The maximum absolute atomic E-state index is 12.5. The van der Waals surface area contributed by atoms with Crippen molar-refractivity contribution in [1.29, 1.82) is 0 Å². The lowest BCUT2D eigenvalue weighted by molar-refractivity contribution is -0.153. The first-order valence-electron chi connectivity index (χ1n) is 7.67. The fourth-order valence-corrected chi connectivity index (χ4v) is 2.28. The number of unbranched alkanes of at least 4 members (excludes halogenated alkanes) is 1. The molecule has 20 heavy (non-hydrogen) atoms. The van der Waals surface area contributed by atoms with Gasteiger partial charge in [0.15, 0.2) is 0 Å². The van der Waals surface area contributed by atoms with Crippen LogP contribution in [-0.2, 0) is 14.3 Å². The molecule has 1 fully saturated rings. The molecule has 116 valence electrons. The summed E-state index contributed by atoms with van der Waals surface area (Å²) in [6, 6.07) is -0.391. The van der Waals surface area contributed by atoms with Gasteiger partial charge >= 0.3 is 0 Å². The van der Waals surface area contributed by atoms with Crippen molar-refractivity contribution < 1.29 is 14.3 Å². The molecular weight excluding hydrogens is 256 g/mol. The average Bonchev–Trinajstić information content (AvgIpc) is 2.43. The Morgan fingerprint density at radius 2 is 1.90 bits per heavy atom. The summed E-state index contributed by atoms with van der Waals surface area (Å²) in [7, 11) is 0. The van der Waals surface area contributed by atoms with Crippen LogP contribution in [0.5, 0.6) is 0 Å². The highest BCUT2D eigenvalue weighted by atomic mass is 16.5. The third kappa shape index (κ3) is 3.95. The molecule has 2 unspecified atom stereocenters. The van der Waals surface area contributed by atoms with Crippen LogP contribution in [0.4, 0.5) is 0 Å². The Morgan fingerprint density at radius 1 is 1.25 bits per heavy atom. The van der Waals surface area contributed by atoms with Crippen LogP contribution in [0.1, 0.15) is 53.4 Å². The lowest BCUT2D eigenvalue weighted by Gasteiger charge is -2.43. The molecule has 1 heterocycles. The van der Waals surface area contributed by atoms with Crippen LogP contribution in [0.3, 0.4) is 0 Å². The normalized spacial score (nSPS) is 26.8. The van der Waals surface area contributed by atoms with Crippen LogP contribution in [0.25, 0.3) is 0 Å². The van der Waals surface area contributed by atoms with Gasteiger partial charge in [-0.3, -0.25) is 9.59 Å². The van der Waals surface area contributed by atoms with Crippen molar-refractivity contribution >= 4 is 11.8 Å². The summed E-state index contributed by atoms with van der Waals surface area (Å²) in [5, 5.41) is 2.83. The topological polar surface area (TPSA) is 58.6 Å². The minimum atomic E-state index is -0.757. The Bertz CT molecular complexity index is 346. The number of ether oxygens (including phenoxy) is 1. The van der Waals surface area contributed by atoms with Crippen molar-refractivity contribution in [3.05, 3.63) is 0 Å². The molecule has 1 saturated heterocycles. The molecule has 1 rings (SSSR count). The summed E-state index contributed by atoms with van der Waals surface area (Å²) < 4.78 is 5.50. The molecule has 0 bridgehead atoms. The van der Waals surface area contributed by atoms with E-state index in [1.807, 2.05) is 6.92 Å². The maximum atomic E-state index is 12.5. The van der Waals surface area contributed by atoms with E-state index in [1.165, 1.54) is 0 Å². The molecule has 0 radical (unpaired) electrons. The van der Waals surface area contributed by atoms with Crippen molar-refractivity contribution in [3.63, 3.8) is 0 Å². The second-order valence-electron chi connectivity index (χ2n) is 5.67. The van der Waals surface area contributed by atoms with Gasteiger partial charge in [0, 0.05) is 19.8 Å². The second kappa shape index (κ2) is 7.62. The monoisotopic (exact) mass is 284 g/mol. The third-order valence-corrected chi connectivity index (χ3v) is 4.02. The Hall–Kier alpha value is -1.10. The third-order valence-electron chi connectivity index (χ3n) is 4.02. The van der Waals surface area contributed by atoms with Crippen LogP contribution in [-0.4, -0.2) is 48.1 Å². The van der Waals surface area contributed by atoms with Gasteiger partial charge in [0.25, 0.3) is 0 Å². The largest absolute Gasteiger partial charge is 0.381 e. The highest BCUT2D eigenvalue weighted by molar-refractivity contribution is 5.99. The van der Waals surface area contributed by atoms with E-state index in [0.29, 0.717) is 19.6 Å². The molecule has 5 nitrogen and oxygen atoms in total. The number of carbonyl (C=O) groups is 2. The molecule has 1 N–H and O–H groups in total. The van der Waals surface area contributed by atoms with Gasteiger partial charge in [0.2, 0.25) is 11.8 Å². The Kier molecular flexibility index (Phi) is 6.46. The number of rotatable bonds is 8. The number of hydrogen-bond acceptors (Lipinski definition) is 3. The molecule has 5 heteroatoms. The van der Waals surface area contributed by atoms with Crippen molar-refractivity contribution in [3.8, 4) is 0 Å². The Morgan fingerprint density at radius 3 is 2.50 bits per heavy atom. The van der Waals surface area contributed by atoms with Crippen LogP contribution in [0.2, 0.25) is 0 Å². The lowest BCUT2D eigenvalue weighted by Crippen LogP contribution is -2.68. The molecule has 2 atom stereocenters. The summed E-state index contributed by atoms with van der Waals surface area (Å²) in [6.07, 6.45) is 3.56. The van der Waals surface area contributed by atoms with E-state index in [-0.39, 0.29) is 11.8 Å². The van der Waals surface area contributed by atoms with Crippen LogP contribution >= 0.6 is 0 Å². The number of amides is 2. The van der Waals surface area contributed by atoms with E-state index in [0.717, 1.165) is 25.9 Å². The molecule has 2 amide bonds. The number of nitrogens with one attached hydrogen (secondary N) is 1. The van der Waals surface area contributed by atoms with E-state index in [9.17, 15) is 9.59 Å². The van der Waals surface area contributed by atoms with Gasteiger partial charge in [-0.2, -0.15) is 0 Å². The molecular formula is C15H28N2O3. The molecule has 0 aromatic carbocycles. The molecule has 0 saturated carbocycles. The summed E-state index contributed by atoms with van der Waals surface area (Å²) in [5.41, 5.74) is -0.757. The highest BCUT2D eigenvalue weighted by Gasteiger charge is 2.44. The minimum absolute atomic E-state index is 0.0145. The molecule has 0 aromatic rings. The van der Waals surface area contributed by atoms with E-state index < -0.39 is 11.6 Å². The van der Waals surface area contributed by atoms with Crippen molar-refractivity contribution in [2.24, 2.45) is 0 Å². The lowest BCUT2D eigenvalue weighted by atomic mass is 9.92. The van der Waals surface area contributed by atoms with Gasteiger partial charge in [0.1, 0.15) is 11.6 Å². The first kappa shape index (κ1) is 17.0. The van der Waals surface area contributed by atoms with E-state index >= 15 is 0 Å². The number of nitrogens with zero attached hydrogens (tertiary/aromatic N) is 1. The first-order valence-corrected chi connectivity index (χ1v) is 7.67. The summed E-state index contributed by atoms with van der Waals surface area (Å²) in [4.78, 5) is 26.1. The first-order chi connectivity index (χ1) is 9.46. The smallest absolute Gasteiger partial charge is 0.248 e. The summed E-state index contributed by atoms with van der Waals surface area (Å²) >= 11 is 0. The zero-order valence-electron chi connectivity index (χ0n) is 13.2. The fourth-order valence-electron chi connectivity index (χ4n) is 2.28. The Balaban J connectivity index is 2.49. The summed E-state index contributed by atoms with van der Waals surface area (Å²) in [6.45, 7) is 9.61. The predicted octanol–water partition coefficient (Wildman–Crippen LogP) is 1.71. The number of hydrogen-bond donors (Lipinski definition) is 1. The van der Waals surface area contributed by atoms with Gasteiger partial charge in [-0.15, -0.1) is 0 Å². The maximum Gasteiger partial charge on any atom is 0.248 e. The van der Waals surface area contributed by atoms with Crippen molar-refractivity contribution in [2.45, 2.75) is 65.0 Å². The highest BCUT2D eigenvalue weighted by Crippen LogP contribution is 2.21. The van der Waals surface area contributed by atoms with E-state index in [4.69, 9.17) is 4.74 Å². The van der Waals surface area contributed by atoms with Gasteiger partial charge in [-0.25, -0.2) is 0 Å². The van der Waals surface area contributed by atoms with Gasteiger partial charge in [-0.1, -0.05) is 20.3 Å². The SMILES string of the molecule is CCCCOCCCN1C(=O)C(C)(CC)NC(=O)C1C. The zero-order valence-corrected chi connectivity index (χ0v) is 13.2. The molecule has 0 aromatic heterocycles. The second-order valence-corrected chi connectivity index (χ2v) is 5.67. The van der Waals surface area contributed by atoms with E-state index in [2.05, 4.69) is 12.2 Å². The molecule has 1 aliphatic heterocycles. The molecule has 1 aliphatic rings. The van der Waals surface area contributed by atoms with Crippen LogP contribution in [0.15, 0.2) is 0 Å². The van der Waals surface area contributed by atoms with Crippen molar-refractivity contribution in [2.75, 3.05) is 19.8 Å². The molecule has 0 spiro atoms. The van der Waals surface area contributed by atoms with E-state index in [1.54, 1.807) is 18.7 Å². The number of piperazine rings is 1. The Labute approximate surface area is 122 Å². The zero-order chi connectivity index (χ0) is 15.2. The summed E-state index contributed by atoms with van der Waals surface area (Å²) in [5.74, 6) is -0.0542. The van der Waals surface area contributed by atoms with Crippen molar-refractivity contribution in [1.82, 2.24) is 10.2 Å². The molecule has 0 aliphatic carbocycles. The van der Waals surface area contributed by atoms with Crippen LogP contribution < -0.4 is 5.32 Å². The predicted molar refractivity (Wildman–Crippen MR) is 78.4 cm³/mol. The number of carbonyl (C=O) groups excluding carboxylic acids is 2. The standard InChI is InChI=1S/C15H28N2O3/c1-5-7-10-20-11-8-9-17-12(3)13(18)16-15(4,6-2)14(17)19/h12H,5-11H2,1-4H3,(H,16,18). The van der Waals surface area contributed by atoms with Gasteiger partial charge in [0.05, 0.1) is 0 Å². The quantitative estimate of drug-likeness (QED) is 0.690. The van der Waals surface area contributed by atoms with Crippen LogP contribution in [0, 0.1) is 0 Å². The average molecular weight is 284 g/mol. The fraction of sp³-hybridized carbons (Fsp3) is 0.867. The minimum Gasteiger partial charge on any atom is -0.381 e.